The number of benzene rings is 4. The third kappa shape index (κ3) is 10.4. The second-order valence-electron chi connectivity index (χ2n) is 11.0. The molecule has 0 aliphatic heterocycles. The van der Waals surface area contributed by atoms with E-state index in [2.05, 4.69) is 6.92 Å². The van der Waals surface area contributed by atoms with E-state index in [0.29, 0.717) is 29.8 Å². The lowest BCUT2D eigenvalue weighted by Crippen LogP contribution is -2.30. The quantitative estimate of drug-likeness (QED) is 0.0724. The van der Waals surface area contributed by atoms with Crippen molar-refractivity contribution >= 4 is 23.4 Å². The van der Waals surface area contributed by atoms with Crippen molar-refractivity contribution < 1.29 is 36.2 Å². The molecule has 235 valence electrons. The highest BCUT2D eigenvalue weighted by molar-refractivity contribution is 5.87. The molecule has 4 N–H and O–H groups in total. The Morgan fingerprint density at radius 3 is 1.64 bits per heavy atom. The second kappa shape index (κ2) is 13.8. The van der Waals surface area contributed by atoms with Crippen LogP contribution >= 0.6 is 0 Å². The standard InChI is InChI=1S/C35H32F5N2O3/c1-33(20-25-4-13-29(41)14-5-25,21-26-6-15-30(42)16-7-26)23-44-32(43)19-10-24-2-11-28(12-3-24)35(39,40)45-31-17-8-27(9-18-31)22-34(36,37)38/h2-19H,1,20-23,41-42H2/b19-10+. The molecule has 4 aromatic rings. The summed E-state index contributed by atoms with van der Waals surface area (Å²) in [5.74, 6) is -0.920. The molecule has 0 bridgehead atoms. The van der Waals surface area contributed by atoms with Crippen molar-refractivity contribution in [3.05, 3.63) is 138 Å². The van der Waals surface area contributed by atoms with Crippen LogP contribution in [0.15, 0.2) is 103 Å². The van der Waals surface area contributed by atoms with E-state index in [1.165, 1.54) is 24.3 Å². The van der Waals surface area contributed by atoms with Gasteiger partial charge in [-0.25, -0.2) is 4.79 Å². The third-order valence-electron chi connectivity index (χ3n) is 6.87. The van der Waals surface area contributed by atoms with Crippen LogP contribution in [-0.4, -0.2) is 18.8 Å². The van der Waals surface area contributed by atoms with E-state index in [4.69, 9.17) is 20.9 Å². The van der Waals surface area contributed by atoms with Crippen LogP contribution in [0.25, 0.3) is 6.08 Å². The molecular formula is C35H32F5N2O3. The lowest BCUT2D eigenvalue weighted by atomic mass is 9.79. The number of ether oxygens (including phenoxy) is 2. The monoisotopic (exact) mass is 623 g/mol. The number of hydrogen-bond donors (Lipinski definition) is 2. The maximum absolute atomic E-state index is 14.7. The summed E-state index contributed by atoms with van der Waals surface area (Å²) >= 11 is 0. The topological polar surface area (TPSA) is 87.6 Å². The molecule has 0 heterocycles. The molecule has 0 aromatic heterocycles. The average Bonchev–Trinajstić information content (AvgIpc) is 2.98. The SMILES string of the molecule is [CH2]C(COC(=O)/C=C/c1ccc(C(F)(F)Oc2ccc(CC(F)(F)F)cc2)cc1)(Cc1ccc(N)cc1)Cc1ccc(N)cc1. The molecule has 4 rings (SSSR count). The number of hydrogen-bond acceptors (Lipinski definition) is 5. The Labute approximate surface area is 258 Å². The molecule has 0 fully saturated rings. The first-order chi connectivity index (χ1) is 21.2. The number of carbonyl (C=O) groups is 1. The predicted molar refractivity (Wildman–Crippen MR) is 164 cm³/mol. The summed E-state index contributed by atoms with van der Waals surface area (Å²) in [6, 6.07) is 24.0. The molecule has 0 saturated heterocycles. The van der Waals surface area contributed by atoms with E-state index in [1.54, 1.807) is 24.3 Å². The molecule has 1 radical (unpaired) electrons. The van der Waals surface area contributed by atoms with Crippen molar-refractivity contribution in [2.75, 3.05) is 18.1 Å². The van der Waals surface area contributed by atoms with Gasteiger partial charge in [0.2, 0.25) is 0 Å². The molecule has 0 unspecified atom stereocenters. The molecule has 5 nitrogen and oxygen atoms in total. The van der Waals surface area contributed by atoms with Gasteiger partial charge in [0.05, 0.1) is 18.6 Å². The largest absolute Gasteiger partial charge is 0.462 e. The fourth-order valence-electron chi connectivity index (χ4n) is 4.64. The molecule has 0 aliphatic carbocycles. The molecule has 0 saturated carbocycles. The van der Waals surface area contributed by atoms with E-state index in [0.717, 1.165) is 47.5 Å². The van der Waals surface area contributed by atoms with Crippen LogP contribution in [-0.2, 0) is 34.9 Å². The Balaban J connectivity index is 1.36. The molecule has 0 amide bonds. The molecule has 4 aromatic carbocycles. The summed E-state index contributed by atoms with van der Waals surface area (Å²) in [6.07, 6.45) is -5.70. The molecular weight excluding hydrogens is 591 g/mol. The van der Waals surface area contributed by atoms with Gasteiger partial charge in [0.1, 0.15) is 5.75 Å². The van der Waals surface area contributed by atoms with Crippen LogP contribution in [0.2, 0.25) is 0 Å². The van der Waals surface area contributed by atoms with E-state index in [9.17, 15) is 26.7 Å². The number of nitrogens with two attached hydrogens (primary N) is 2. The van der Waals surface area contributed by atoms with Crippen LogP contribution < -0.4 is 16.2 Å². The van der Waals surface area contributed by atoms with E-state index < -0.39 is 35.7 Å². The second-order valence-corrected chi connectivity index (χ2v) is 11.0. The van der Waals surface area contributed by atoms with Crippen LogP contribution in [0.5, 0.6) is 5.75 Å². The summed E-state index contributed by atoms with van der Waals surface area (Å²) in [5, 5.41) is 0. The van der Waals surface area contributed by atoms with Crippen LogP contribution in [0.1, 0.15) is 27.8 Å². The van der Waals surface area contributed by atoms with Crippen molar-refractivity contribution in [2.45, 2.75) is 31.5 Å². The van der Waals surface area contributed by atoms with Crippen molar-refractivity contribution in [3.63, 3.8) is 0 Å². The van der Waals surface area contributed by atoms with Gasteiger partial charge in [-0.05, 0) is 96.6 Å². The van der Waals surface area contributed by atoms with Gasteiger partial charge in [-0.3, -0.25) is 0 Å². The molecule has 0 spiro atoms. The first-order valence-corrected chi connectivity index (χ1v) is 13.9. The van der Waals surface area contributed by atoms with Crippen LogP contribution in [0, 0.1) is 12.3 Å². The smallest absolute Gasteiger partial charge is 0.426 e. The summed E-state index contributed by atoms with van der Waals surface area (Å²) in [7, 11) is 0. The van der Waals surface area contributed by atoms with Crippen molar-refractivity contribution in [1.82, 2.24) is 0 Å². The van der Waals surface area contributed by atoms with Gasteiger partial charge in [0.25, 0.3) is 0 Å². The van der Waals surface area contributed by atoms with Gasteiger partial charge < -0.3 is 20.9 Å². The predicted octanol–water partition coefficient (Wildman–Crippen LogP) is 7.95. The van der Waals surface area contributed by atoms with Crippen LogP contribution in [0.3, 0.4) is 0 Å². The highest BCUT2D eigenvalue weighted by atomic mass is 19.4. The minimum Gasteiger partial charge on any atom is -0.462 e. The summed E-state index contributed by atoms with van der Waals surface area (Å²) < 4.78 is 77.3. The van der Waals surface area contributed by atoms with Crippen molar-refractivity contribution in [1.29, 1.82) is 0 Å². The Morgan fingerprint density at radius 2 is 1.16 bits per heavy atom. The third-order valence-corrected chi connectivity index (χ3v) is 6.87. The Hall–Kier alpha value is -4.86. The molecule has 10 heteroatoms. The average molecular weight is 624 g/mol. The molecule has 0 aliphatic rings. The number of rotatable bonds is 12. The fraction of sp³-hybridized carbons (Fsp3) is 0.200. The first kappa shape index (κ1) is 33.0. The maximum atomic E-state index is 14.7. The normalized spacial score (nSPS) is 12.3. The molecule has 45 heavy (non-hydrogen) atoms. The number of carbonyl (C=O) groups excluding carboxylic acids is 1. The Kier molecular flexibility index (Phi) is 10.2. The highest BCUT2D eigenvalue weighted by Crippen LogP contribution is 2.33. The van der Waals surface area contributed by atoms with Gasteiger partial charge in [-0.15, -0.1) is 0 Å². The zero-order valence-corrected chi connectivity index (χ0v) is 24.2. The summed E-state index contributed by atoms with van der Waals surface area (Å²) in [4.78, 5) is 12.6. The number of alkyl halides is 5. The lowest BCUT2D eigenvalue weighted by molar-refractivity contribution is -0.185. The van der Waals surface area contributed by atoms with Gasteiger partial charge >= 0.3 is 18.3 Å². The Morgan fingerprint density at radius 1 is 0.689 bits per heavy atom. The summed E-state index contributed by atoms with van der Waals surface area (Å²) in [5.41, 5.74) is 14.0. The molecule has 0 atom stereocenters. The van der Waals surface area contributed by atoms with Gasteiger partial charge in [0, 0.05) is 22.9 Å². The minimum absolute atomic E-state index is 0.00457. The number of nitrogen functional groups attached to an aromatic ring is 2. The van der Waals surface area contributed by atoms with Crippen molar-refractivity contribution in [2.24, 2.45) is 5.41 Å². The Bertz CT molecular complexity index is 1540. The first-order valence-electron chi connectivity index (χ1n) is 13.9. The highest BCUT2D eigenvalue weighted by Gasteiger charge is 2.35. The van der Waals surface area contributed by atoms with E-state index in [-0.39, 0.29) is 17.9 Å². The zero-order valence-electron chi connectivity index (χ0n) is 24.2. The number of anilines is 2. The van der Waals surface area contributed by atoms with Crippen molar-refractivity contribution in [3.8, 4) is 5.75 Å². The van der Waals surface area contributed by atoms with Gasteiger partial charge in [0.15, 0.2) is 0 Å². The van der Waals surface area contributed by atoms with Gasteiger partial charge in [-0.2, -0.15) is 22.0 Å². The zero-order chi connectivity index (χ0) is 32.7. The van der Waals surface area contributed by atoms with E-state index in [1.807, 2.05) is 24.3 Å². The maximum Gasteiger partial charge on any atom is 0.426 e. The minimum atomic E-state index is -4.41. The fourth-order valence-corrected chi connectivity index (χ4v) is 4.64. The van der Waals surface area contributed by atoms with Crippen LogP contribution in [0.4, 0.5) is 33.3 Å². The van der Waals surface area contributed by atoms with E-state index >= 15 is 0 Å². The number of esters is 1. The lowest BCUT2D eigenvalue weighted by Gasteiger charge is -2.29. The number of halogens is 5. The summed E-state index contributed by atoms with van der Waals surface area (Å²) in [6.45, 7) is 4.39. The van der Waals surface area contributed by atoms with Gasteiger partial charge in [-0.1, -0.05) is 48.5 Å².